The van der Waals surface area contributed by atoms with Crippen molar-refractivity contribution < 1.29 is 29.3 Å². The minimum Gasteiger partial charge on any atom is -0.481 e. The van der Waals surface area contributed by atoms with E-state index in [0.29, 0.717) is 19.4 Å². The van der Waals surface area contributed by atoms with Gasteiger partial charge in [0.1, 0.15) is 0 Å². The molecule has 3 atom stereocenters. The van der Waals surface area contributed by atoms with E-state index >= 15 is 0 Å². The van der Waals surface area contributed by atoms with Crippen molar-refractivity contribution in [2.24, 2.45) is 0 Å². The van der Waals surface area contributed by atoms with Crippen LogP contribution < -0.4 is 11.0 Å². The number of aliphatic hydroxyl groups excluding tert-OH is 1. The summed E-state index contributed by atoms with van der Waals surface area (Å²) in [5.74, 6) is -1.08. The second-order valence-corrected chi connectivity index (χ2v) is 14.0. The summed E-state index contributed by atoms with van der Waals surface area (Å²) in [6, 6.07) is 32.0. The first-order valence-electron chi connectivity index (χ1n) is 18.4. The number of carbonyl (C=O) groups is 2. The summed E-state index contributed by atoms with van der Waals surface area (Å²) >= 11 is 0. The molecule has 11 nitrogen and oxygen atoms in total. The highest BCUT2D eigenvalue weighted by Crippen LogP contribution is 2.39. The third-order valence-corrected chi connectivity index (χ3v) is 10.3. The molecule has 4 N–H and O–H groups in total. The molecule has 4 aromatic carbocycles. The Kier molecular flexibility index (Phi) is 11.5. The lowest BCUT2D eigenvalue weighted by Crippen LogP contribution is -2.43. The maximum absolute atomic E-state index is 12.9. The molecule has 3 heterocycles. The van der Waals surface area contributed by atoms with Crippen molar-refractivity contribution in [2.75, 3.05) is 19.6 Å². The van der Waals surface area contributed by atoms with Crippen molar-refractivity contribution in [1.29, 1.82) is 0 Å². The summed E-state index contributed by atoms with van der Waals surface area (Å²) in [4.78, 5) is 41.3. The van der Waals surface area contributed by atoms with Gasteiger partial charge in [0.15, 0.2) is 6.29 Å². The van der Waals surface area contributed by atoms with Crippen LogP contribution in [0.15, 0.2) is 102 Å². The Hall–Kier alpha value is -5.07. The third-order valence-electron chi connectivity index (χ3n) is 10.3. The maximum Gasteiger partial charge on any atom is 0.326 e. The fourth-order valence-electron chi connectivity index (χ4n) is 7.53. The number of aromatic nitrogens is 2. The molecule has 11 heteroatoms. The van der Waals surface area contributed by atoms with E-state index in [4.69, 9.17) is 14.6 Å². The average Bonchev–Trinajstić information content (AvgIpc) is 3.53. The molecule has 5 aromatic rings. The van der Waals surface area contributed by atoms with Crippen LogP contribution in [0.3, 0.4) is 0 Å². The van der Waals surface area contributed by atoms with Crippen LogP contribution in [0.4, 0.5) is 0 Å². The van der Waals surface area contributed by atoms with E-state index in [0.717, 1.165) is 76.9 Å². The molecule has 0 unspecified atom stereocenters. The summed E-state index contributed by atoms with van der Waals surface area (Å²) in [5, 5.41) is 21.4. The fourth-order valence-corrected chi connectivity index (χ4v) is 7.53. The van der Waals surface area contributed by atoms with Crippen molar-refractivity contribution in [2.45, 2.75) is 76.2 Å². The van der Waals surface area contributed by atoms with Gasteiger partial charge in [-0.1, -0.05) is 72.8 Å². The zero-order valence-corrected chi connectivity index (χ0v) is 29.7. The van der Waals surface area contributed by atoms with Gasteiger partial charge >= 0.3 is 11.7 Å². The zero-order valence-electron chi connectivity index (χ0n) is 29.7. The molecule has 1 aromatic heterocycles. The van der Waals surface area contributed by atoms with Gasteiger partial charge in [0.2, 0.25) is 5.91 Å². The van der Waals surface area contributed by atoms with E-state index in [9.17, 15) is 19.5 Å². The van der Waals surface area contributed by atoms with Gasteiger partial charge in [-0.25, -0.2) is 4.79 Å². The number of rotatable bonds is 13. The molecule has 276 valence electrons. The molecule has 0 saturated carbocycles. The van der Waals surface area contributed by atoms with Gasteiger partial charge in [-0.2, -0.15) is 0 Å². The molecule has 2 fully saturated rings. The Balaban J connectivity index is 1.04. The fraction of sp³-hybridized carbons (Fsp3) is 0.357. The summed E-state index contributed by atoms with van der Waals surface area (Å²) in [5.41, 5.74) is 7.47. The normalized spacial score (nSPS) is 19.7. The Morgan fingerprint density at radius 2 is 1.58 bits per heavy atom. The highest BCUT2D eigenvalue weighted by Gasteiger charge is 2.34. The second kappa shape index (κ2) is 16.7. The molecule has 0 radical (unpaired) electrons. The largest absolute Gasteiger partial charge is 0.481 e. The Morgan fingerprint density at radius 1 is 0.830 bits per heavy atom. The number of likely N-dealkylation sites (tertiary alicyclic amines) is 1. The van der Waals surface area contributed by atoms with Crippen LogP contribution in [0.2, 0.25) is 0 Å². The van der Waals surface area contributed by atoms with Crippen LogP contribution in [0.1, 0.15) is 79.2 Å². The number of hydrogen-bond acceptors (Lipinski definition) is 7. The van der Waals surface area contributed by atoms with Gasteiger partial charge in [-0.05, 0) is 71.3 Å². The van der Waals surface area contributed by atoms with Gasteiger partial charge < -0.3 is 34.9 Å². The first-order valence-corrected chi connectivity index (χ1v) is 18.4. The number of amides is 1. The van der Waals surface area contributed by atoms with Crippen LogP contribution >= 0.6 is 0 Å². The number of nitrogens with one attached hydrogen (secondary N) is 2. The summed E-state index contributed by atoms with van der Waals surface area (Å²) < 4.78 is 15.3. The molecule has 7 rings (SSSR count). The van der Waals surface area contributed by atoms with E-state index in [1.165, 1.54) is 0 Å². The number of fused-ring (bicyclic) bond motifs is 1. The lowest BCUT2D eigenvalue weighted by Gasteiger charge is -2.40. The number of carbonyl (C=O) groups excluding carboxylic acids is 1. The van der Waals surface area contributed by atoms with E-state index in [-0.39, 0.29) is 49.3 Å². The van der Waals surface area contributed by atoms with Gasteiger partial charge in [-0.15, -0.1) is 0 Å². The number of imidazole rings is 1. The van der Waals surface area contributed by atoms with E-state index in [2.05, 4.69) is 21.3 Å². The number of carboxylic acids is 1. The molecule has 2 aliphatic heterocycles. The lowest BCUT2D eigenvalue weighted by molar-refractivity contribution is -0.253. The van der Waals surface area contributed by atoms with Gasteiger partial charge in [0.05, 0.1) is 29.8 Å². The van der Waals surface area contributed by atoms with Crippen LogP contribution in [0, 0.1) is 0 Å². The number of aliphatic hydroxyl groups is 1. The number of piperidine rings is 1. The molecule has 2 saturated heterocycles. The minimum absolute atomic E-state index is 0.0199. The van der Waals surface area contributed by atoms with Crippen molar-refractivity contribution in [1.82, 2.24) is 19.8 Å². The van der Waals surface area contributed by atoms with E-state index in [1.807, 2.05) is 95.6 Å². The van der Waals surface area contributed by atoms with E-state index < -0.39 is 12.3 Å². The summed E-state index contributed by atoms with van der Waals surface area (Å²) in [6.07, 6.45) is 1.96. The van der Waals surface area contributed by atoms with Gasteiger partial charge in [0, 0.05) is 57.0 Å². The summed E-state index contributed by atoms with van der Waals surface area (Å²) in [7, 11) is 0. The van der Waals surface area contributed by atoms with Crippen molar-refractivity contribution in [3.63, 3.8) is 0 Å². The number of para-hydroxylation sites is 2. The lowest BCUT2D eigenvalue weighted by atomic mass is 9.97. The number of aromatic amines is 1. The smallest absolute Gasteiger partial charge is 0.326 e. The van der Waals surface area contributed by atoms with E-state index in [1.54, 1.807) is 0 Å². The first-order chi connectivity index (χ1) is 25.8. The Labute approximate surface area is 308 Å². The van der Waals surface area contributed by atoms with Crippen molar-refractivity contribution in [3.05, 3.63) is 130 Å². The molecule has 53 heavy (non-hydrogen) atoms. The molecule has 0 aliphatic carbocycles. The third kappa shape index (κ3) is 8.94. The maximum atomic E-state index is 12.9. The highest BCUT2D eigenvalue weighted by atomic mass is 16.7. The van der Waals surface area contributed by atoms with Crippen molar-refractivity contribution in [3.8, 4) is 11.1 Å². The van der Waals surface area contributed by atoms with Crippen molar-refractivity contribution >= 4 is 22.9 Å². The SMILES string of the molecule is O=C(O)CCCC(=O)NCc1cccc(-c2cccc([C@H]3O[C@@H](CN4CCC(n5c(=O)[nH]c6ccccc65)CC4)C[C@@H](c4ccc(CO)cc4)O3)c2)c1. The molecular weight excluding hydrogens is 672 g/mol. The number of H-pyrrole nitrogens is 1. The highest BCUT2D eigenvalue weighted by molar-refractivity contribution is 5.77. The number of benzene rings is 4. The molecule has 2 aliphatic rings. The van der Waals surface area contributed by atoms with Crippen LogP contribution in [-0.4, -0.2) is 62.3 Å². The predicted octanol–water partition coefficient (Wildman–Crippen LogP) is 6.24. The number of carboxylic acid groups (broad SMARTS) is 1. The molecular formula is C42H46N4O7. The quantitative estimate of drug-likeness (QED) is 0.112. The Bertz CT molecular complexity index is 2080. The topological polar surface area (TPSA) is 146 Å². The first kappa shape index (κ1) is 36.3. The van der Waals surface area contributed by atoms with Gasteiger partial charge in [-0.3, -0.25) is 14.2 Å². The number of nitrogens with zero attached hydrogens (tertiary/aromatic N) is 2. The second-order valence-electron chi connectivity index (χ2n) is 14.0. The van der Waals surface area contributed by atoms with Crippen LogP contribution in [0.25, 0.3) is 22.2 Å². The Morgan fingerprint density at radius 3 is 2.36 bits per heavy atom. The zero-order chi connectivity index (χ0) is 36.7. The van der Waals surface area contributed by atoms with Crippen LogP contribution in [0.5, 0.6) is 0 Å². The standard InChI is InChI=1S/C42H46N4O7/c47-27-28-14-16-30(17-15-28)38-24-35(26-45-20-18-34(19-21-45)46-37-11-2-1-10-36(37)44-42(46)51)52-41(53-38)33-9-4-8-32(23-33)31-7-3-6-29(22-31)25-43-39(48)12-5-13-40(49)50/h1-4,6-11,14-17,22-23,34-35,38,41,47H,5,12-13,18-21,24-27H2,(H,43,48)(H,44,51)(H,49,50)/t35-,38+,41+/m1/s1. The molecule has 0 spiro atoms. The molecule has 0 bridgehead atoms. The summed E-state index contributed by atoms with van der Waals surface area (Å²) in [6.45, 7) is 2.78. The monoisotopic (exact) mass is 718 g/mol. The predicted molar refractivity (Wildman–Crippen MR) is 201 cm³/mol. The molecule has 1 amide bonds. The minimum atomic E-state index is -0.905. The average molecular weight is 719 g/mol. The number of hydrogen-bond donors (Lipinski definition) is 4. The number of ether oxygens (including phenoxy) is 2. The van der Waals surface area contributed by atoms with Gasteiger partial charge in [0.25, 0.3) is 0 Å². The number of aliphatic carboxylic acids is 1. The van der Waals surface area contributed by atoms with Crippen LogP contribution in [-0.2, 0) is 32.2 Å².